The van der Waals surface area contributed by atoms with Gasteiger partial charge in [0.15, 0.2) is 0 Å². The van der Waals surface area contributed by atoms with Gasteiger partial charge in [0.1, 0.15) is 5.75 Å². The Labute approximate surface area is 135 Å². The predicted molar refractivity (Wildman–Crippen MR) is 89.5 cm³/mol. The number of hydrogen-bond acceptors (Lipinski definition) is 2. The summed E-state index contributed by atoms with van der Waals surface area (Å²) in [5.74, 6) is 0.833. The fourth-order valence-electron chi connectivity index (χ4n) is 1.96. The number of rotatable bonds is 5. The average Bonchev–Trinajstić information content (AvgIpc) is 2.51. The molecule has 116 valence electrons. The van der Waals surface area contributed by atoms with E-state index in [2.05, 4.69) is 5.32 Å². The smallest absolute Gasteiger partial charge is 0.321 e. The molecule has 4 nitrogen and oxygen atoms in total. The van der Waals surface area contributed by atoms with Gasteiger partial charge in [-0.25, -0.2) is 4.79 Å². The fraction of sp³-hybridized carbons (Fsp3) is 0.235. The van der Waals surface area contributed by atoms with Crippen molar-refractivity contribution in [2.45, 2.75) is 13.5 Å². The van der Waals surface area contributed by atoms with Crippen LogP contribution < -0.4 is 10.1 Å². The Balaban J connectivity index is 1.91. The minimum absolute atomic E-state index is 0.170. The van der Waals surface area contributed by atoms with E-state index in [9.17, 15) is 4.79 Å². The second-order valence-corrected chi connectivity index (χ2v) is 5.31. The molecular formula is C17H19ClN2O2. The molecule has 0 unspecified atom stereocenters. The molecule has 0 saturated heterocycles. The monoisotopic (exact) mass is 318 g/mol. The number of halogens is 1. The first kappa shape index (κ1) is 16.2. The van der Waals surface area contributed by atoms with Crippen LogP contribution in [-0.2, 0) is 6.54 Å². The van der Waals surface area contributed by atoms with Crippen molar-refractivity contribution in [1.82, 2.24) is 4.90 Å². The molecule has 0 spiro atoms. The lowest BCUT2D eigenvalue weighted by Crippen LogP contribution is -2.30. The number of carbonyl (C=O) groups excluding carboxylic acids is 1. The largest absolute Gasteiger partial charge is 0.494 e. The van der Waals surface area contributed by atoms with Crippen LogP contribution in [0.2, 0.25) is 5.02 Å². The lowest BCUT2D eigenvalue weighted by Gasteiger charge is -2.18. The lowest BCUT2D eigenvalue weighted by atomic mass is 10.2. The SMILES string of the molecule is CCOc1ccc(CN(C)C(=O)Nc2ccc(Cl)cc2)cc1. The summed E-state index contributed by atoms with van der Waals surface area (Å²) >= 11 is 5.82. The molecule has 0 radical (unpaired) electrons. The molecule has 2 rings (SSSR count). The molecule has 0 aliphatic heterocycles. The summed E-state index contributed by atoms with van der Waals surface area (Å²) in [5, 5.41) is 3.46. The van der Waals surface area contributed by atoms with Crippen molar-refractivity contribution in [3.63, 3.8) is 0 Å². The van der Waals surface area contributed by atoms with E-state index in [1.54, 1.807) is 36.2 Å². The number of carbonyl (C=O) groups is 1. The molecule has 2 aromatic rings. The van der Waals surface area contributed by atoms with Gasteiger partial charge < -0.3 is 15.0 Å². The topological polar surface area (TPSA) is 41.6 Å². The van der Waals surface area contributed by atoms with E-state index in [4.69, 9.17) is 16.3 Å². The first-order valence-corrected chi connectivity index (χ1v) is 7.45. The number of nitrogens with one attached hydrogen (secondary N) is 1. The molecule has 0 heterocycles. The van der Waals surface area contributed by atoms with Crippen LogP contribution in [0.15, 0.2) is 48.5 Å². The lowest BCUT2D eigenvalue weighted by molar-refractivity contribution is 0.220. The Hall–Kier alpha value is -2.20. The summed E-state index contributed by atoms with van der Waals surface area (Å²) in [6, 6.07) is 14.6. The zero-order valence-electron chi connectivity index (χ0n) is 12.7. The molecule has 2 aromatic carbocycles. The maximum atomic E-state index is 12.1. The molecule has 0 aliphatic carbocycles. The Morgan fingerprint density at radius 1 is 1.14 bits per heavy atom. The molecule has 2 amide bonds. The highest BCUT2D eigenvalue weighted by Crippen LogP contribution is 2.15. The summed E-state index contributed by atoms with van der Waals surface area (Å²) in [5.41, 5.74) is 1.75. The number of amides is 2. The van der Waals surface area contributed by atoms with Crippen LogP contribution in [0.5, 0.6) is 5.75 Å². The second kappa shape index (κ2) is 7.71. The maximum Gasteiger partial charge on any atom is 0.321 e. The van der Waals surface area contributed by atoms with Crippen molar-refractivity contribution < 1.29 is 9.53 Å². The Morgan fingerprint density at radius 3 is 2.36 bits per heavy atom. The number of anilines is 1. The number of hydrogen-bond donors (Lipinski definition) is 1. The number of benzene rings is 2. The molecule has 0 aromatic heterocycles. The van der Waals surface area contributed by atoms with Gasteiger partial charge in [0.2, 0.25) is 0 Å². The average molecular weight is 319 g/mol. The van der Waals surface area contributed by atoms with Crippen LogP contribution in [0.1, 0.15) is 12.5 Å². The zero-order chi connectivity index (χ0) is 15.9. The molecule has 0 aliphatic rings. The highest BCUT2D eigenvalue weighted by atomic mass is 35.5. The number of urea groups is 1. The van der Waals surface area contributed by atoms with E-state index in [0.29, 0.717) is 23.9 Å². The van der Waals surface area contributed by atoms with Gasteiger partial charge >= 0.3 is 6.03 Å². The van der Waals surface area contributed by atoms with Gasteiger partial charge in [0.25, 0.3) is 0 Å². The van der Waals surface area contributed by atoms with Crippen molar-refractivity contribution >= 4 is 23.3 Å². The molecule has 1 N–H and O–H groups in total. The van der Waals surface area contributed by atoms with Gasteiger partial charge in [0, 0.05) is 24.3 Å². The van der Waals surface area contributed by atoms with Crippen LogP contribution in [0, 0.1) is 0 Å². The third kappa shape index (κ3) is 4.67. The highest BCUT2D eigenvalue weighted by molar-refractivity contribution is 6.30. The van der Waals surface area contributed by atoms with E-state index in [1.165, 1.54) is 0 Å². The standard InChI is InChI=1S/C17H19ClN2O2/c1-3-22-16-10-4-13(5-11-16)12-20(2)17(21)19-15-8-6-14(18)7-9-15/h4-11H,3,12H2,1-2H3,(H,19,21). The van der Waals surface area contributed by atoms with Crippen LogP contribution >= 0.6 is 11.6 Å². The van der Waals surface area contributed by atoms with E-state index in [0.717, 1.165) is 11.3 Å². The van der Waals surface area contributed by atoms with Crippen molar-refractivity contribution in [1.29, 1.82) is 0 Å². The summed E-state index contributed by atoms with van der Waals surface area (Å²) in [4.78, 5) is 13.7. The molecule has 0 fully saturated rings. The normalized spacial score (nSPS) is 10.1. The zero-order valence-corrected chi connectivity index (χ0v) is 13.4. The molecular weight excluding hydrogens is 300 g/mol. The summed E-state index contributed by atoms with van der Waals surface area (Å²) in [6.07, 6.45) is 0. The number of nitrogens with zero attached hydrogens (tertiary/aromatic N) is 1. The Morgan fingerprint density at radius 2 is 1.77 bits per heavy atom. The van der Waals surface area contributed by atoms with Crippen LogP contribution in [0.4, 0.5) is 10.5 Å². The molecule has 22 heavy (non-hydrogen) atoms. The van der Waals surface area contributed by atoms with E-state index in [-0.39, 0.29) is 6.03 Å². The molecule has 5 heteroatoms. The van der Waals surface area contributed by atoms with E-state index >= 15 is 0 Å². The third-order valence-electron chi connectivity index (χ3n) is 3.10. The maximum absolute atomic E-state index is 12.1. The fourth-order valence-corrected chi connectivity index (χ4v) is 2.08. The van der Waals surface area contributed by atoms with Crippen molar-refractivity contribution in [2.24, 2.45) is 0 Å². The first-order chi connectivity index (χ1) is 10.6. The minimum Gasteiger partial charge on any atom is -0.494 e. The van der Waals surface area contributed by atoms with Gasteiger partial charge in [-0.1, -0.05) is 23.7 Å². The minimum atomic E-state index is -0.170. The van der Waals surface area contributed by atoms with Crippen LogP contribution in [0.25, 0.3) is 0 Å². The third-order valence-corrected chi connectivity index (χ3v) is 3.35. The van der Waals surface area contributed by atoms with Crippen molar-refractivity contribution in [2.75, 3.05) is 19.0 Å². The Bertz CT molecular complexity index is 612. The van der Waals surface area contributed by atoms with Gasteiger partial charge in [-0.05, 0) is 48.9 Å². The molecule has 0 bridgehead atoms. The van der Waals surface area contributed by atoms with Gasteiger partial charge in [-0.3, -0.25) is 0 Å². The predicted octanol–water partition coefficient (Wildman–Crippen LogP) is 4.40. The summed E-state index contributed by atoms with van der Waals surface area (Å²) in [7, 11) is 1.75. The summed E-state index contributed by atoms with van der Waals surface area (Å²) in [6.45, 7) is 3.11. The molecule has 0 atom stereocenters. The van der Waals surface area contributed by atoms with Crippen molar-refractivity contribution in [3.8, 4) is 5.75 Å². The quantitative estimate of drug-likeness (QED) is 0.887. The van der Waals surface area contributed by atoms with Crippen molar-refractivity contribution in [3.05, 3.63) is 59.1 Å². The second-order valence-electron chi connectivity index (χ2n) is 4.87. The van der Waals surface area contributed by atoms with E-state index in [1.807, 2.05) is 31.2 Å². The van der Waals surface area contributed by atoms with Gasteiger partial charge in [0.05, 0.1) is 6.61 Å². The van der Waals surface area contributed by atoms with Crippen LogP contribution in [0.3, 0.4) is 0 Å². The highest BCUT2D eigenvalue weighted by Gasteiger charge is 2.09. The first-order valence-electron chi connectivity index (χ1n) is 7.08. The Kier molecular flexibility index (Phi) is 5.67. The van der Waals surface area contributed by atoms with Gasteiger partial charge in [-0.15, -0.1) is 0 Å². The van der Waals surface area contributed by atoms with Gasteiger partial charge in [-0.2, -0.15) is 0 Å². The van der Waals surface area contributed by atoms with Crippen LogP contribution in [-0.4, -0.2) is 24.6 Å². The number of ether oxygens (including phenoxy) is 1. The van der Waals surface area contributed by atoms with E-state index < -0.39 is 0 Å². The molecule has 0 saturated carbocycles. The summed E-state index contributed by atoms with van der Waals surface area (Å²) < 4.78 is 5.40.